The summed E-state index contributed by atoms with van der Waals surface area (Å²) >= 11 is 6.01. The van der Waals surface area contributed by atoms with Gasteiger partial charge in [-0.3, -0.25) is 9.59 Å². The van der Waals surface area contributed by atoms with Gasteiger partial charge in [-0.25, -0.2) is 4.39 Å². The molecule has 25 heavy (non-hydrogen) atoms. The van der Waals surface area contributed by atoms with Gasteiger partial charge in [0.05, 0.1) is 6.54 Å². The molecule has 1 heterocycles. The van der Waals surface area contributed by atoms with Crippen LogP contribution >= 0.6 is 11.6 Å². The average molecular weight is 362 g/mol. The number of benzene rings is 2. The molecule has 6 heteroatoms. The fraction of sp³-hybridized carbons (Fsp3) is 0.263. The first-order chi connectivity index (χ1) is 12.0. The minimum atomic E-state index is -0.394. The number of fused-ring (bicyclic) bond motifs is 1. The van der Waals surface area contributed by atoms with Gasteiger partial charge in [-0.05, 0) is 42.5 Å². The van der Waals surface area contributed by atoms with Crippen LogP contribution in [0.25, 0.3) is 0 Å². The van der Waals surface area contributed by atoms with Crippen LogP contribution in [-0.4, -0.2) is 29.7 Å². The van der Waals surface area contributed by atoms with Crippen LogP contribution in [0.1, 0.15) is 28.8 Å². The number of carbonyl (C=O) groups is 2. The van der Waals surface area contributed by atoms with Gasteiger partial charge in [0.1, 0.15) is 18.2 Å². The third kappa shape index (κ3) is 4.37. The van der Waals surface area contributed by atoms with E-state index < -0.39 is 5.82 Å². The highest BCUT2D eigenvalue weighted by molar-refractivity contribution is 6.30. The Morgan fingerprint density at radius 2 is 1.88 bits per heavy atom. The van der Waals surface area contributed by atoms with Crippen molar-refractivity contribution >= 4 is 23.3 Å². The number of nitrogens with zero attached hydrogens (tertiary/aromatic N) is 1. The molecule has 130 valence electrons. The van der Waals surface area contributed by atoms with Crippen molar-refractivity contribution in [2.45, 2.75) is 19.4 Å². The zero-order valence-corrected chi connectivity index (χ0v) is 14.3. The molecule has 0 atom stereocenters. The minimum Gasteiger partial charge on any atom is -0.491 e. The first kappa shape index (κ1) is 17.4. The number of ketones is 1. The van der Waals surface area contributed by atoms with Gasteiger partial charge in [0.15, 0.2) is 5.78 Å². The van der Waals surface area contributed by atoms with E-state index in [0.29, 0.717) is 30.3 Å². The second kappa shape index (κ2) is 7.66. The fourth-order valence-electron chi connectivity index (χ4n) is 2.73. The van der Waals surface area contributed by atoms with Crippen LogP contribution in [0.15, 0.2) is 42.5 Å². The van der Waals surface area contributed by atoms with Crippen molar-refractivity contribution in [3.63, 3.8) is 0 Å². The standard InChI is InChI=1S/C19H17ClFNO3/c20-15-3-7-18-14(11-15)12-22(9-10-25-18)19(24)8-6-17(23)13-1-4-16(21)5-2-13/h1-5,7,11H,6,8-10,12H2. The quantitative estimate of drug-likeness (QED) is 0.777. The maximum atomic E-state index is 12.9. The summed E-state index contributed by atoms with van der Waals surface area (Å²) in [5.74, 6) is 0.0337. The lowest BCUT2D eigenvalue weighted by atomic mass is 10.1. The number of carbonyl (C=O) groups excluding carboxylic acids is 2. The molecule has 4 nitrogen and oxygen atoms in total. The summed E-state index contributed by atoms with van der Waals surface area (Å²) in [6.07, 6.45) is 0.191. The predicted octanol–water partition coefficient (Wildman–Crippen LogP) is 3.86. The van der Waals surface area contributed by atoms with Crippen LogP contribution in [0.3, 0.4) is 0 Å². The van der Waals surface area contributed by atoms with Crippen molar-refractivity contribution in [2.24, 2.45) is 0 Å². The molecule has 1 amide bonds. The Morgan fingerprint density at radius 1 is 1.12 bits per heavy atom. The second-order valence-corrected chi connectivity index (χ2v) is 6.28. The largest absolute Gasteiger partial charge is 0.491 e. The smallest absolute Gasteiger partial charge is 0.223 e. The van der Waals surface area contributed by atoms with Crippen LogP contribution in [0, 0.1) is 5.82 Å². The zero-order chi connectivity index (χ0) is 17.8. The van der Waals surface area contributed by atoms with E-state index in [2.05, 4.69) is 0 Å². The van der Waals surface area contributed by atoms with E-state index >= 15 is 0 Å². The van der Waals surface area contributed by atoms with E-state index in [4.69, 9.17) is 16.3 Å². The van der Waals surface area contributed by atoms with Gasteiger partial charge in [-0.1, -0.05) is 11.6 Å². The van der Waals surface area contributed by atoms with Gasteiger partial charge in [0, 0.05) is 35.5 Å². The first-order valence-electron chi connectivity index (χ1n) is 8.01. The van der Waals surface area contributed by atoms with Crippen molar-refractivity contribution < 1.29 is 18.7 Å². The number of Topliss-reactive ketones (excluding diaryl/α,β-unsaturated/α-hetero) is 1. The van der Waals surface area contributed by atoms with Crippen molar-refractivity contribution in [2.75, 3.05) is 13.2 Å². The summed E-state index contributed by atoms with van der Waals surface area (Å²) < 4.78 is 18.5. The molecule has 1 aliphatic heterocycles. The van der Waals surface area contributed by atoms with Crippen LogP contribution in [0.4, 0.5) is 4.39 Å². The molecule has 0 aliphatic carbocycles. The Hall–Kier alpha value is -2.40. The summed E-state index contributed by atoms with van der Waals surface area (Å²) in [5, 5.41) is 0.586. The van der Waals surface area contributed by atoms with Gasteiger partial charge >= 0.3 is 0 Å². The molecule has 1 aliphatic rings. The molecular formula is C19H17ClFNO3. The third-order valence-corrected chi connectivity index (χ3v) is 4.32. The third-order valence-electron chi connectivity index (χ3n) is 4.09. The number of amides is 1. The first-order valence-corrected chi connectivity index (χ1v) is 8.38. The lowest BCUT2D eigenvalue weighted by molar-refractivity contribution is -0.131. The van der Waals surface area contributed by atoms with Crippen molar-refractivity contribution in [1.82, 2.24) is 4.90 Å². The minimum absolute atomic E-state index is 0.0875. The molecule has 2 aromatic rings. The van der Waals surface area contributed by atoms with E-state index in [0.717, 1.165) is 11.3 Å². The maximum Gasteiger partial charge on any atom is 0.223 e. The molecule has 0 radical (unpaired) electrons. The van der Waals surface area contributed by atoms with E-state index in [1.165, 1.54) is 24.3 Å². The Morgan fingerprint density at radius 3 is 2.64 bits per heavy atom. The Kier molecular flexibility index (Phi) is 5.34. The molecule has 2 aromatic carbocycles. The fourth-order valence-corrected chi connectivity index (χ4v) is 2.93. The monoisotopic (exact) mass is 361 g/mol. The molecular weight excluding hydrogens is 345 g/mol. The summed E-state index contributed by atoms with van der Waals surface area (Å²) in [5.41, 5.74) is 1.26. The normalized spacial score (nSPS) is 13.6. The summed E-state index contributed by atoms with van der Waals surface area (Å²) in [6.45, 7) is 1.25. The summed E-state index contributed by atoms with van der Waals surface area (Å²) in [4.78, 5) is 26.2. The SMILES string of the molecule is O=C(CCC(=O)N1CCOc2ccc(Cl)cc2C1)c1ccc(F)cc1. The number of hydrogen-bond donors (Lipinski definition) is 0. The number of rotatable bonds is 4. The van der Waals surface area contributed by atoms with Gasteiger partial charge in [-0.15, -0.1) is 0 Å². The molecule has 0 saturated carbocycles. The summed E-state index contributed by atoms with van der Waals surface area (Å²) in [6, 6.07) is 10.7. The van der Waals surface area contributed by atoms with E-state index in [-0.39, 0.29) is 24.5 Å². The summed E-state index contributed by atoms with van der Waals surface area (Å²) in [7, 11) is 0. The molecule has 0 bridgehead atoms. The lowest BCUT2D eigenvalue weighted by Crippen LogP contribution is -2.32. The molecule has 0 saturated heterocycles. The van der Waals surface area contributed by atoms with Crippen molar-refractivity contribution in [3.05, 3.63) is 64.4 Å². The van der Waals surface area contributed by atoms with Crippen LogP contribution < -0.4 is 4.74 Å². The molecule has 0 aromatic heterocycles. The number of ether oxygens (including phenoxy) is 1. The highest BCUT2D eigenvalue weighted by Crippen LogP contribution is 2.26. The Bertz CT molecular complexity index is 792. The van der Waals surface area contributed by atoms with E-state index in [9.17, 15) is 14.0 Å². The maximum absolute atomic E-state index is 12.9. The number of hydrogen-bond acceptors (Lipinski definition) is 3. The van der Waals surface area contributed by atoms with Crippen LogP contribution in [0.5, 0.6) is 5.75 Å². The van der Waals surface area contributed by atoms with Gasteiger partial charge in [0.2, 0.25) is 5.91 Å². The van der Waals surface area contributed by atoms with E-state index in [1.807, 2.05) is 0 Å². The number of halogens is 2. The second-order valence-electron chi connectivity index (χ2n) is 5.85. The average Bonchev–Trinajstić information content (AvgIpc) is 2.82. The highest BCUT2D eigenvalue weighted by atomic mass is 35.5. The molecule has 0 unspecified atom stereocenters. The van der Waals surface area contributed by atoms with Gasteiger partial charge in [0.25, 0.3) is 0 Å². The molecule has 0 spiro atoms. The Balaban J connectivity index is 1.61. The molecule has 3 rings (SSSR count). The van der Waals surface area contributed by atoms with Crippen LogP contribution in [-0.2, 0) is 11.3 Å². The molecule has 0 fully saturated rings. The predicted molar refractivity (Wildman–Crippen MR) is 92.3 cm³/mol. The lowest BCUT2D eigenvalue weighted by Gasteiger charge is -2.19. The van der Waals surface area contributed by atoms with Crippen molar-refractivity contribution in [3.8, 4) is 5.75 Å². The topological polar surface area (TPSA) is 46.6 Å². The van der Waals surface area contributed by atoms with E-state index in [1.54, 1.807) is 23.1 Å². The van der Waals surface area contributed by atoms with Crippen LogP contribution in [0.2, 0.25) is 5.02 Å². The highest BCUT2D eigenvalue weighted by Gasteiger charge is 2.21. The van der Waals surface area contributed by atoms with Gasteiger partial charge in [-0.2, -0.15) is 0 Å². The molecule has 0 N–H and O–H groups in total. The zero-order valence-electron chi connectivity index (χ0n) is 13.5. The van der Waals surface area contributed by atoms with Crippen molar-refractivity contribution in [1.29, 1.82) is 0 Å². The van der Waals surface area contributed by atoms with Gasteiger partial charge < -0.3 is 9.64 Å². The Labute approximate surface area is 150 Å².